The minimum absolute atomic E-state index is 0.133. The lowest BCUT2D eigenvalue weighted by Gasteiger charge is -2.07. The SMILES string of the molecule is COc1ccc(NC(=O)CCCl)cc1Cl. The van der Waals surface area contributed by atoms with E-state index in [-0.39, 0.29) is 12.3 Å². The number of amides is 1. The minimum Gasteiger partial charge on any atom is -0.495 e. The summed E-state index contributed by atoms with van der Waals surface area (Å²) in [6.45, 7) is 0. The van der Waals surface area contributed by atoms with Crippen LogP contribution in [-0.2, 0) is 4.79 Å². The van der Waals surface area contributed by atoms with Gasteiger partial charge in [-0.1, -0.05) is 11.6 Å². The van der Waals surface area contributed by atoms with Crippen LogP contribution in [0.2, 0.25) is 5.02 Å². The smallest absolute Gasteiger partial charge is 0.225 e. The topological polar surface area (TPSA) is 38.3 Å². The molecule has 0 fully saturated rings. The molecule has 0 atom stereocenters. The second-order valence-corrected chi connectivity index (χ2v) is 3.62. The van der Waals surface area contributed by atoms with E-state index < -0.39 is 0 Å². The minimum atomic E-state index is -0.133. The van der Waals surface area contributed by atoms with Crippen molar-refractivity contribution >= 4 is 34.8 Å². The molecule has 0 saturated carbocycles. The molecule has 1 aromatic carbocycles. The summed E-state index contributed by atoms with van der Waals surface area (Å²) in [5.74, 6) is 0.744. The molecular weight excluding hydrogens is 237 g/mol. The van der Waals surface area contributed by atoms with Crippen molar-refractivity contribution in [1.82, 2.24) is 0 Å². The first kappa shape index (κ1) is 12.1. The summed E-state index contributed by atoms with van der Waals surface area (Å²) in [6, 6.07) is 5.04. The molecule has 0 bridgehead atoms. The van der Waals surface area contributed by atoms with Crippen molar-refractivity contribution in [2.24, 2.45) is 0 Å². The zero-order valence-corrected chi connectivity index (χ0v) is 9.73. The predicted octanol–water partition coefficient (Wildman–Crippen LogP) is 2.92. The van der Waals surface area contributed by atoms with Gasteiger partial charge in [0, 0.05) is 18.0 Å². The van der Waals surface area contributed by atoms with Crippen molar-refractivity contribution < 1.29 is 9.53 Å². The van der Waals surface area contributed by atoms with Gasteiger partial charge in [-0.3, -0.25) is 4.79 Å². The molecule has 0 radical (unpaired) electrons. The van der Waals surface area contributed by atoms with Crippen molar-refractivity contribution in [2.75, 3.05) is 18.3 Å². The molecule has 0 heterocycles. The molecule has 1 N–H and O–H groups in total. The average molecular weight is 248 g/mol. The lowest BCUT2D eigenvalue weighted by molar-refractivity contribution is -0.115. The van der Waals surface area contributed by atoms with Gasteiger partial charge in [-0.25, -0.2) is 0 Å². The molecular formula is C10H11Cl2NO2. The third kappa shape index (κ3) is 3.61. The number of carbonyl (C=O) groups is 1. The van der Waals surface area contributed by atoms with Crippen LogP contribution in [0.5, 0.6) is 5.75 Å². The Hall–Kier alpha value is -0.930. The zero-order valence-electron chi connectivity index (χ0n) is 8.22. The van der Waals surface area contributed by atoms with E-state index in [4.69, 9.17) is 27.9 Å². The first-order valence-corrected chi connectivity index (χ1v) is 5.28. The van der Waals surface area contributed by atoms with Gasteiger partial charge in [-0.05, 0) is 18.2 Å². The van der Waals surface area contributed by atoms with Gasteiger partial charge in [0.05, 0.1) is 12.1 Å². The molecule has 1 rings (SSSR count). The van der Waals surface area contributed by atoms with Crippen molar-refractivity contribution in [3.05, 3.63) is 23.2 Å². The van der Waals surface area contributed by atoms with Crippen LogP contribution in [0.15, 0.2) is 18.2 Å². The molecule has 0 saturated heterocycles. The highest BCUT2D eigenvalue weighted by Gasteiger charge is 2.04. The quantitative estimate of drug-likeness (QED) is 0.832. The Kier molecular flexibility index (Phi) is 4.72. The maximum atomic E-state index is 11.2. The normalized spacial score (nSPS) is 9.80. The number of halogens is 2. The molecule has 15 heavy (non-hydrogen) atoms. The van der Waals surface area contributed by atoms with Crippen molar-refractivity contribution in [1.29, 1.82) is 0 Å². The molecule has 0 aliphatic carbocycles. The first-order valence-electron chi connectivity index (χ1n) is 4.36. The van der Waals surface area contributed by atoms with Crippen molar-refractivity contribution in [3.8, 4) is 5.75 Å². The molecule has 5 heteroatoms. The first-order chi connectivity index (χ1) is 7.17. The van der Waals surface area contributed by atoms with Crippen LogP contribution < -0.4 is 10.1 Å². The Morgan fingerprint density at radius 3 is 2.80 bits per heavy atom. The summed E-state index contributed by atoms with van der Waals surface area (Å²) in [5, 5.41) is 3.13. The standard InChI is InChI=1S/C10H11Cl2NO2/c1-15-9-3-2-7(6-8(9)12)13-10(14)4-5-11/h2-3,6H,4-5H2,1H3,(H,13,14). The summed E-state index contributed by atoms with van der Waals surface area (Å²) in [5.41, 5.74) is 0.635. The number of methoxy groups -OCH3 is 1. The molecule has 0 aliphatic rings. The van der Waals surface area contributed by atoms with E-state index in [0.717, 1.165) is 0 Å². The number of anilines is 1. The summed E-state index contributed by atoms with van der Waals surface area (Å²) in [7, 11) is 1.53. The van der Waals surface area contributed by atoms with Gasteiger partial charge in [-0.2, -0.15) is 0 Å². The van der Waals surface area contributed by atoms with E-state index in [1.165, 1.54) is 7.11 Å². The van der Waals surface area contributed by atoms with Crippen molar-refractivity contribution in [2.45, 2.75) is 6.42 Å². The fourth-order valence-electron chi connectivity index (χ4n) is 1.05. The number of alkyl halides is 1. The maximum Gasteiger partial charge on any atom is 0.225 e. The number of hydrogen-bond donors (Lipinski definition) is 1. The van der Waals surface area contributed by atoms with Gasteiger partial charge in [-0.15, -0.1) is 11.6 Å². The molecule has 1 amide bonds. The molecule has 1 aromatic rings. The summed E-state index contributed by atoms with van der Waals surface area (Å²) in [6.07, 6.45) is 0.283. The largest absolute Gasteiger partial charge is 0.495 e. The van der Waals surface area contributed by atoms with E-state index in [0.29, 0.717) is 22.3 Å². The third-order valence-electron chi connectivity index (χ3n) is 1.76. The Balaban J connectivity index is 2.71. The Labute approximate surface area is 98.3 Å². The molecule has 0 aromatic heterocycles. The Morgan fingerprint density at radius 1 is 1.53 bits per heavy atom. The van der Waals surface area contributed by atoms with Gasteiger partial charge >= 0.3 is 0 Å². The van der Waals surface area contributed by atoms with Gasteiger partial charge in [0.2, 0.25) is 5.91 Å². The highest BCUT2D eigenvalue weighted by Crippen LogP contribution is 2.27. The predicted molar refractivity (Wildman–Crippen MR) is 62.0 cm³/mol. The lowest BCUT2D eigenvalue weighted by Crippen LogP contribution is -2.11. The Morgan fingerprint density at radius 2 is 2.27 bits per heavy atom. The average Bonchev–Trinajstić information content (AvgIpc) is 2.18. The van der Waals surface area contributed by atoms with E-state index in [9.17, 15) is 4.79 Å². The summed E-state index contributed by atoms with van der Waals surface area (Å²) >= 11 is 11.3. The molecule has 0 spiro atoms. The van der Waals surface area contributed by atoms with Crippen LogP contribution in [0.1, 0.15) is 6.42 Å². The highest BCUT2D eigenvalue weighted by molar-refractivity contribution is 6.32. The fourth-order valence-corrected chi connectivity index (χ4v) is 1.48. The second kappa shape index (κ2) is 5.83. The molecule has 0 unspecified atom stereocenters. The highest BCUT2D eigenvalue weighted by atomic mass is 35.5. The van der Waals surface area contributed by atoms with Crippen LogP contribution in [0, 0.1) is 0 Å². The number of hydrogen-bond acceptors (Lipinski definition) is 2. The van der Waals surface area contributed by atoms with Crippen LogP contribution in [0.25, 0.3) is 0 Å². The van der Waals surface area contributed by atoms with E-state index in [1.807, 2.05) is 0 Å². The number of benzene rings is 1. The second-order valence-electron chi connectivity index (χ2n) is 2.84. The lowest BCUT2D eigenvalue weighted by atomic mass is 10.3. The zero-order chi connectivity index (χ0) is 11.3. The van der Waals surface area contributed by atoms with Gasteiger partial charge in [0.1, 0.15) is 5.75 Å². The molecule has 3 nitrogen and oxygen atoms in total. The number of carbonyl (C=O) groups excluding carboxylic acids is 1. The van der Waals surface area contributed by atoms with Crippen molar-refractivity contribution in [3.63, 3.8) is 0 Å². The Bertz CT molecular complexity index is 355. The number of ether oxygens (including phenoxy) is 1. The van der Waals surface area contributed by atoms with Gasteiger partial charge in [0.25, 0.3) is 0 Å². The number of rotatable bonds is 4. The monoisotopic (exact) mass is 247 g/mol. The van der Waals surface area contributed by atoms with Gasteiger partial charge < -0.3 is 10.1 Å². The van der Waals surface area contributed by atoms with Gasteiger partial charge in [0.15, 0.2) is 0 Å². The van der Waals surface area contributed by atoms with E-state index in [2.05, 4.69) is 5.32 Å². The molecule has 82 valence electrons. The van der Waals surface area contributed by atoms with E-state index >= 15 is 0 Å². The third-order valence-corrected chi connectivity index (χ3v) is 2.24. The van der Waals surface area contributed by atoms with Crippen LogP contribution in [-0.4, -0.2) is 18.9 Å². The van der Waals surface area contributed by atoms with Crippen LogP contribution in [0.4, 0.5) is 5.69 Å². The fraction of sp³-hybridized carbons (Fsp3) is 0.300. The number of nitrogens with one attached hydrogen (secondary N) is 1. The summed E-state index contributed by atoms with van der Waals surface area (Å²) in [4.78, 5) is 11.2. The van der Waals surface area contributed by atoms with Crippen LogP contribution in [0.3, 0.4) is 0 Å². The summed E-state index contributed by atoms with van der Waals surface area (Å²) < 4.78 is 4.99. The van der Waals surface area contributed by atoms with Crippen LogP contribution >= 0.6 is 23.2 Å². The maximum absolute atomic E-state index is 11.2. The molecule has 0 aliphatic heterocycles. The van der Waals surface area contributed by atoms with E-state index in [1.54, 1.807) is 18.2 Å².